The van der Waals surface area contributed by atoms with Crippen LogP contribution < -0.4 is 5.32 Å². The molecule has 1 fully saturated rings. The molecule has 0 aliphatic carbocycles. The van der Waals surface area contributed by atoms with Crippen LogP contribution in [0.25, 0.3) is 0 Å². The average Bonchev–Trinajstić information content (AvgIpc) is 2.06. The number of guanidine groups is 1. The van der Waals surface area contributed by atoms with Crippen molar-refractivity contribution in [2.45, 2.75) is 6.42 Å². The summed E-state index contributed by atoms with van der Waals surface area (Å²) in [5.74, 6) is 0.857. The van der Waals surface area contributed by atoms with Crippen molar-refractivity contribution in [3.63, 3.8) is 0 Å². The third kappa shape index (κ3) is 1.00. The third-order valence-electron chi connectivity index (χ3n) is 1.77. The molecule has 2 heterocycles. The van der Waals surface area contributed by atoms with Gasteiger partial charge in [-0.15, -0.1) is 0 Å². The van der Waals surface area contributed by atoms with Crippen LogP contribution in [0.5, 0.6) is 0 Å². The third-order valence-corrected chi connectivity index (χ3v) is 1.77. The van der Waals surface area contributed by atoms with Crippen molar-refractivity contribution in [2.24, 2.45) is 4.99 Å². The molecule has 4 nitrogen and oxygen atoms in total. The number of hydrogen-bond donors (Lipinski definition) is 1. The fraction of sp³-hybridized carbons (Fsp3) is 0.429. The summed E-state index contributed by atoms with van der Waals surface area (Å²) < 4.78 is 0. The van der Waals surface area contributed by atoms with E-state index in [-0.39, 0.29) is 5.91 Å². The lowest BCUT2D eigenvalue weighted by molar-refractivity contribution is -0.127. The first-order chi connectivity index (χ1) is 5.38. The highest BCUT2D eigenvalue weighted by atomic mass is 16.2. The Morgan fingerprint density at radius 1 is 1.64 bits per heavy atom. The van der Waals surface area contributed by atoms with E-state index in [1.165, 1.54) is 0 Å². The van der Waals surface area contributed by atoms with Crippen LogP contribution in [0.1, 0.15) is 6.42 Å². The number of carbonyl (C=O) groups is 1. The fourth-order valence-corrected chi connectivity index (χ4v) is 1.21. The highest BCUT2D eigenvalue weighted by molar-refractivity contribution is 6.00. The molecule has 0 spiro atoms. The first kappa shape index (κ1) is 6.39. The normalized spacial score (nSPS) is 22.4. The molecule has 2 aliphatic heterocycles. The number of fused-ring (bicyclic) bond motifs is 1. The van der Waals surface area contributed by atoms with Crippen LogP contribution >= 0.6 is 0 Å². The van der Waals surface area contributed by atoms with Crippen LogP contribution in [-0.2, 0) is 4.79 Å². The Labute approximate surface area is 64.6 Å². The van der Waals surface area contributed by atoms with Gasteiger partial charge >= 0.3 is 0 Å². The SMILES string of the molecule is O=C1CCNC2=NC=CCN12. The smallest absolute Gasteiger partial charge is 0.231 e. The van der Waals surface area contributed by atoms with Gasteiger partial charge in [0.2, 0.25) is 11.9 Å². The maximum atomic E-state index is 11.2. The summed E-state index contributed by atoms with van der Waals surface area (Å²) in [5, 5.41) is 3.06. The standard InChI is InChI=1S/C7H9N3O/c11-6-2-4-9-7-8-3-1-5-10(6)7/h1,3H,2,4-5H2,(H,8,9). The van der Waals surface area contributed by atoms with E-state index >= 15 is 0 Å². The van der Waals surface area contributed by atoms with Gasteiger partial charge < -0.3 is 5.32 Å². The molecule has 0 aromatic rings. The molecule has 1 N–H and O–H groups in total. The molecule has 0 aromatic carbocycles. The molecule has 0 bridgehead atoms. The Hall–Kier alpha value is -1.32. The average molecular weight is 151 g/mol. The van der Waals surface area contributed by atoms with Gasteiger partial charge in [0.25, 0.3) is 0 Å². The Morgan fingerprint density at radius 3 is 3.36 bits per heavy atom. The Balaban J connectivity index is 2.24. The van der Waals surface area contributed by atoms with Crippen LogP contribution in [0.2, 0.25) is 0 Å². The van der Waals surface area contributed by atoms with E-state index in [4.69, 9.17) is 0 Å². The zero-order valence-electron chi connectivity index (χ0n) is 6.08. The monoisotopic (exact) mass is 151 g/mol. The quantitative estimate of drug-likeness (QED) is 0.516. The number of hydrogen-bond acceptors (Lipinski definition) is 3. The molecule has 4 heteroatoms. The summed E-state index contributed by atoms with van der Waals surface area (Å²) in [6.45, 7) is 1.37. The zero-order valence-corrected chi connectivity index (χ0v) is 6.08. The van der Waals surface area contributed by atoms with Gasteiger partial charge in [-0.05, 0) is 6.08 Å². The summed E-state index contributed by atoms with van der Waals surface area (Å²) >= 11 is 0. The van der Waals surface area contributed by atoms with E-state index in [0.717, 1.165) is 0 Å². The Kier molecular flexibility index (Phi) is 1.38. The summed E-state index contributed by atoms with van der Waals surface area (Å²) in [5.41, 5.74) is 0. The van der Waals surface area contributed by atoms with E-state index < -0.39 is 0 Å². The van der Waals surface area contributed by atoms with Gasteiger partial charge in [0.1, 0.15) is 0 Å². The van der Waals surface area contributed by atoms with Gasteiger partial charge in [0.15, 0.2) is 0 Å². The maximum absolute atomic E-state index is 11.2. The Bertz CT molecular complexity index is 244. The highest BCUT2D eigenvalue weighted by Crippen LogP contribution is 2.05. The minimum Gasteiger partial charge on any atom is -0.355 e. The predicted molar refractivity (Wildman–Crippen MR) is 40.9 cm³/mol. The van der Waals surface area contributed by atoms with Crippen molar-refractivity contribution in [1.29, 1.82) is 0 Å². The molecule has 1 amide bonds. The van der Waals surface area contributed by atoms with E-state index in [1.54, 1.807) is 11.1 Å². The van der Waals surface area contributed by atoms with Gasteiger partial charge in [-0.25, -0.2) is 4.99 Å². The number of nitrogens with one attached hydrogen (secondary N) is 1. The topological polar surface area (TPSA) is 44.7 Å². The minimum absolute atomic E-state index is 0.159. The number of carbonyl (C=O) groups excluding carboxylic acids is 1. The van der Waals surface area contributed by atoms with Crippen LogP contribution in [0.3, 0.4) is 0 Å². The van der Waals surface area contributed by atoms with E-state index in [9.17, 15) is 4.79 Å². The summed E-state index contributed by atoms with van der Waals surface area (Å²) in [6.07, 6.45) is 4.17. The molecule has 58 valence electrons. The molecule has 0 saturated carbocycles. The van der Waals surface area contributed by atoms with E-state index in [0.29, 0.717) is 25.5 Å². The molecule has 0 aromatic heterocycles. The second-order valence-corrected chi connectivity index (χ2v) is 2.52. The minimum atomic E-state index is 0.159. The molecule has 0 radical (unpaired) electrons. The predicted octanol–water partition coefficient (Wildman–Crippen LogP) is -0.308. The van der Waals surface area contributed by atoms with E-state index in [1.807, 2.05) is 6.08 Å². The Morgan fingerprint density at radius 2 is 2.55 bits per heavy atom. The number of amides is 1. The highest BCUT2D eigenvalue weighted by Gasteiger charge is 2.23. The molecule has 0 atom stereocenters. The van der Waals surface area contributed by atoms with Crippen molar-refractivity contribution in [3.05, 3.63) is 12.3 Å². The van der Waals surface area contributed by atoms with Crippen LogP contribution in [0, 0.1) is 0 Å². The van der Waals surface area contributed by atoms with Crippen molar-refractivity contribution >= 4 is 11.9 Å². The second-order valence-electron chi connectivity index (χ2n) is 2.52. The summed E-state index contributed by atoms with van der Waals surface area (Å²) in [6, 6.07) is 0. The summed E-state index contributed by atoms with van der Waals surface area (Å²) in [4.78, 5) is 16.9. The number of nitrogens with zero attached hydrogens (tertiary/aromatic N) is 2. The van der Waals surface area contributed by atoms with Gasteiger partial charge in [0, 0.05) is 25.7 Å². The molecule has 0 unspecified atom stereocenters. The van der Waals surface area contributed by atoms with Crippen LogP contribution in [0.15, 0.2) is 17.3 Å². The van der Waals surface area contributed by atoms with Crippen LogP contribution in [-0.4, -0.2) is 29.9 Å². The molecule has 11 heavy (non-hydrogen) atoms. The second kappa shape index (κ2) is 2.38. The van der Waals surface area contributed by atoms with Crippen molar-refractivity contribution < 1.29 is 4.79 Å². The first-order valence-corrected chi connectivity index (χ1v) is 3.65. The van der Waals surface area contributed by atoms with Gasteiger partial charge in [0.05, 0.1) is 0 Å². The van der Waals surface area contributed by atoms with Crippen molar-refractivity contribution in [1.82, 2.24) is 10.2 Å². The fourth-order valence-electron chi connectivity index (χ4n) is 1.21. The lowest BCUT2D eigenvalue weighted by atomic mass is 10.3. The lowest BCUT2D eigenvalue weighted by Gasteiger charge is -2.29. The lowest BCUT2D eigenvalue weighted by Crippen LogP contribution is -2.51. The van der Waals surface area contributed by atoms with Crippen molar-refractivity contribution in [2.75, 3.05) is 13.1 Å². The molecular weight excluding hydrogens is 142 g/mol. The van der Waals surface area contributed by atoms with Gasteiger partial charge in [-0.1, -0.05) is 0 Å². The number of rotatable bonds is 0. The molecular formula is C7H9N3O. The van der Waals surface area contributed by atoms with Crippen molar-refractivity contribution in [3.8, 4) is 0 Å². The van der Waals surface area contributed by atoms with Gasteiger partial charge in [-0.2, -0.15) is 0 Å². The maximum Gasteiger partial charge on any atom is 0.231 e. The van der Waals surface area contributed by atoms with E-state index in [2.05, 4.69) is 10.3 Å². The first-order valence-electron chi connectivity index (χ1n) is 3.65. The summed E-state index contributed by atoms with van der Waals surface area (Å²) in [7, 11) is 0. The van der Waals surface area contributed by atoms with Gasteiger partial charge in [-0.3, -0.25) is 9.69 Å². The number of aliphatic imine (C=N–C) groups is 1. The van der Waals surface area contributed by atoms with Crippen LogP contribution in [0.4, 0.5) is 0 Å². The molecule has 2 rings (SSSR count). The zero-order chi connectivity index (χ0) is 7.68. The largest absolute Gasteiger partial charge is 0.355 e. The molecule has 2 aliphatic rings. The molecule has 1 saturated heterocycles.